The minimum atomic E-state index is -1.01. The number of quaternary nitrogens is 1. The second kappa shape index (κ2) is 7.12. The van der Waals surface area contributed by atoms with Gasteiger partial charge < -0.3 is 15.5 Å². The van der Waals surface area contributed by atoms with Crippen molar-refractivity contribution in [3.63, 3.8) is 0 Å². The summed E-state index contributed by atoms with van der Waals surface area (Å²) in [5, 5.41) is 18.7. The van der Waals surface area contributed by atoms with Crippen LogP contribution in [0.25, 0.3) is 16.5 Å². The topological polar surface area (TPSA) is 111 Å². The number of H-pyrrole nitrogens is 1. The first kappa shape index (κ1) is 17.2. The first-order valence-corrected chi connectivity index (χ1v) is 7.70. The second-order valence-corrected chi connectivity index (χ2v) is 5.60. The summed E-state index contributed by atoms with van der Waals surface area (Å²) in [4.78, 5) is 25.8. The molecule has 6 nitrogen and oxygen atoms in total. The van der Waals surface area contributed by atoms with E-state index in [0.29, 0.717) is 16.5 Å². The highest BCUT2D eigenvalue weighted by Gasteiger charge is 2.09. The van der Waals surface area contributed by atoms with Crippen LogP contribution >= 0.6 is 0 Å². The average molecular weight is 352 g/mol. The number of nitrogens with one attached hydrogen (secondary N) is 2. The summed E-state index contributed by atoms with van der Waals surface area (Å²) in [5.41, 5.74) is 1.62. The summed E-state index contributed by atoms with van der Waals surface area (Å²) < 4.78 is 13.4. The number of hydrogen-bond donors (Lipinski definition) is 4. The first-order chi connectivity index (χ1) is 12.5. The van der Waals surface area contributed by atoms with Gasteiger partial charge >= 0.3 is 5.97 Å². The van der Waals surface area contributed by atoms with Crippen LogP contribution < -0.4 is 10.9 Å². The molecular weight excluding hydrogens is 337 g/mol. The Morgan fingerprint density at radius 3 is 2.54 bits per heavy atom. The van der Waals surface area contributed by atoms with E-state index in [1.807, 2.05) is 0 Å². The van der Waals surface area contributed by atoms with E-state index in [-0.39, 0.29) is 16.7 Å². The summed E-state index contributed by atoms with van der Waals surface area (Å²) in [6, 6.07) is 11.8. The van der Waals surface area contributed by atoms with Gasteiger partial charge in [0, 0.05) is 29.3 Å². The van der Waals surface area contributed by atoms with Gasteiger partial charge in [0.05, 0.1) is 16.7 Å². The lowest BCUT2D eigenvalue weighted by molar-refractivity contribution is -0.495. The lowest BCUT2D eigenvalue weighted by atomic mass is 10.1. The van der Waals surface area contributed by atoms with Gasteiger partial charge in [-0.3, -0.25) is 10.1 Å². The number of aromatic nitrogens is 1. The number of nitrogens with two attached hydrogens (primary N) is 1. The molecule has 0 aliphatic rings. The Balaban J connectivity index is 1.95. The molecule has 0 unspecified atom stereocenters. The Kier molecular flexibility index (Phi) is 4.72. The number of halogens is 1. The van der Waals surface area contributed by atoms with Crippen LogP contribution in [0, 0.1) is 11.2 Å². The number of allylic oxidation sites excluding steroid dienone is 1. The van der Waals surface area contributed by atoms with Crippen molar-refractivity contribution in [1.82, 2.24) is 4.98 Å². The molecule has 26 heavy (non-hydrogen) atoms. The van der Waals surface area contributed by atoms with Crippen molar-refractivity contribution < 1.29 is 19.6 Å². The highest BCUT2D eigenvalue weighted by atomic mass is 19.1. The molecule has 3 aromatic rings. The van der Waals surface area contributed by atoms with E-state index in [4.69, 9.17) is 10.5 Å². The Morgan fingerprint density at radius 2 is 1.88 bits per heavy atom. The summed E-state index contributed by atoms with van der Waals surface area (Å²) in [7, 11) is 0. The van der Waals surface area contributed by atoms with Crippen LogP contribution in [0.15, 0.2) is 59.5 Å². The summed E-state index contributed by atoms with van der Waals surface area (Å²) in [6.45, 7) is 0. The monoisotopic (exact) mass is 352 g/mol. The van der Waals surface area contributed by atoms with E-state index >= 15 is 0 Å². The third kappa shape index (κ3) is 3.57. The minimum Gasteiger partial charge on any atom is -0.478 e. The molecule has 0 spiro atoms. The van der Waals surface area contributed by atoms with Crippen LogP contribution in [0.2, 0.25) is 0 Å². The summed E-state index contributed by atoms with van der Waals surface area (Å²) in [6.07, 6.45) is 2.62. The number of aromatic carboxylic acids is 1. The number of carbonyl (C=O) groups is 1. The van der Waals surface area contributed by atoms with Crippen molar-refractivity contribution in [2.45, 2.75) is 0 Å². The number of benzene rings is 2. The molecule has 0 aliphatic heterocycles. The number of aromatic amines is 1. The predicted octanol–water partition coefficient (Wildman–Crippen LogP) is 2.25. The fourth-order valence-electron chi connectivity index (χ4n) is 2.53. The fraction of sp³-hybridized carbons (Fsp3) is 0. The fourth-order valence-corrected chi connectivity index (χ4v) is 2.53. The molecule has 0 fully saturated rings. The van der Waals surface area contributed by atoms with Gasteiger partial charge in [-0.05, 0) is 36.4 Å². The van der Waals surface area contributed by atoms with Gasteiger partial charge in [-0.1, -0.05) is 0 Å². The summed E-state index contributed by atoms with van der Waals surface area (Å²) in [5.74, 6) is -1.43. The van der Waals surface area contributed by atoms with E-state index in [1.54, 1.807) is 23.6 Å². The lowest BCUT2D eigenvalue weighted by Gasteiger charge is -2.04. The van der Waals surface area contributed by atoms with E-state index in [9.17, 15) is 14.0 Å². The van der Waals surface area contributed by atoms with Crippen LogP contribution in [0.1, 0.15) is 15.9 Å². The Labute approximate surface area is 147 Å². The molecule has 3 rings (SSSR count). The second-order valence-electron chi connectivity index (χ2n) is 5.60. The molecule has 0 amide bonds. The zero-order valence-corrected chi connectivity index (χ0v) is 13.5. The first-order valence-electron chi connectivity index (χ1n) is 7.70. The van der Waals surface area contributed by atoms with Crippen LogP contribution in [-0.2, 0) is 0 Å². The van der Waals surface area contributed by atoms with Crippen molar-refractivity contribution in [3.05, 3.63) is 82.0 Å². The molecular formula is C19H15FN3O3+. The molecule has 0 saturated heterocycles. The maximum atomic E-state index is 13.4. The van der Waals surface area contributed by atoms with Gasteiger partial charge in [-0.2, -0.15) is 0 Å². The van der Waals surface area contributed by atoms with Crippen molar-refractivity contribution in [2.75, 3.05) is 0 Å². The standard InChI is InChI=1S/C19H14FN3O3/c20-14-3-6-17-12(7-14)8-16(18(24)23-17)13(9-21)10-22-15-4-1-11(2-5-15)19(25)26/h1-10,21-22H,(H,23,24)(H,25,26)/p+1. The van der Waals surface area contributed by atoms with E-state index in [0.717, 1.165) is 11.9 Å². The van der Waals surface area contributed by atoms with Gasteiger partial charge in [0.15, 0.2) is 0 Å². The molecule has 0 bridgehead atoms. The highest BCUT2D eigenvalue weighted by Crippen LogP contribution is 2.16. The van der Waals surface area contributed by atoms with Crippen LogP contribution in [-0.4, -0.2) is 22.3 Å². The van der Waals surface area contributed by atoms with Crippen LogP contribution in [0.4, 0.5) is 10.1 Å². The Bertz CT molecular complexity index is 1090. The Morgan fingerprint density at radius 1 is 1.15 bits per heavy atom. The highest BCUT2D eigenvalue weighted by molar-refractivity contribution is 6.08. The number of carboxylic acids is 1. The maximum Gasteiger partial charge on any atom is 0.335 e. The quantitative estimate of drug-likeness (QED) is 0.417. The normalized spacial score (nSPS) is 11.5. The number of hydrogen-bond acceptors (Lipinski definition) is 3. The molecule has 0 saturated carbocycles. The van der Waals surface area contributed by atoms with Gasteiger partial charge in [-0.25, -0.2) is 9.18 Å². The number of fused-ring (bicyclic) bond motifs is 1. The number of carboxylic acid groups (broad SMARTS) is 1. The molecule has 0 aliphatic carbocycles. The molecule has 1 heterocycles. The maximum absolute atomic E-state index is 13.4. The molecule has 5 N–H and O–H groups in total. The van der Waals surface area contributed by atoms with E-state index in [1.165, 1.54) is 36.4 Å². The smallest absolute Gasteiger partial charge is 0.335 e. The van der Waals surface area contributed by atoms with Crippen molar-refractivity contribution in [2.24, 2.45) is 0 Å². The zero-order chi connectivity index (χ0) is 18.7. The minimum absolute atomic E-state index is 0.173. The van der Waals surface area contributed by atoms with E-state index in [2.05, 4.69) is 4.98 Å². The molecule has 130 valence electrons. The van der Waals surface area contributed by atoms with Crippen molar-refractivity contribution in [3.8, 4) is 0 Å². The van der Waals surface area contributed by atoms with Crippen molar-refractivity contribution in [1.29, 1.82) is 5.41 Å². The number of pyridine rings is 1. The molecule has 1 aromatic heterocycles. The largest absolute Gasteiger partial charge is 0.478 e. The molecule has 0 atom stereocenters. The molecule has 0 radical (unpaired) electrons. The lowest BCUT2D eigenvalue weighted by Crippen LogP contribution is -2.71. The van der Waals surface area contributed by atoms with Crippen LogP contribution in [0.5, 0.6) is 0 Å². The SMILES string of the molecule is N=CC(=C[NH2+]c1ccc(C(=O)O)cc1)c1cc2cc(F)ccc2[nH]c1=O. The molecule has 7 heteroatoms. The van der Waals surface area contributed by atoms with Gasteiger partial charge in [0.1, 0.15) is 17.7 Å². The number of rotatable bonds is 5. The van der Waals surface area contributed by atoms with Crippen LogP contribution in [0.3, 0.4) is 0 Å². The third-order valence-electron chi connectivity index (χ3n) is 3.89. The van der Waals surface area contributed by atoms with Gasteiger partial charge in [0.25, 0.3) is 5.56 Å². The Hall–Kier alpha value is -3.58. The predicted molar refractivity (Wildman–Crippen MR) is 96.3 cm³/mol. The molecule has 2 aromatic carbocycles. The van der Waals surface area contributed by atoms with Gasteiger partial charge in [-0.15, -0.1) is 0 Å². The third-order valence-corrected chi connectivity index (χ3v) is 3.89. The van der Waals surface area contributed by atoms with E-state index < -0.39 is 11.8 Å². The summed E-state index contributed by atoms with van der Waals surface area (Å²) >= 11 is 0. The van der Waals surface area contributed by atoms with Crippen molar-refractivity contribution >= 4 is 34.3 Å². The van der Waals surface area contributed by atoms with Gasteiger partial charge in [0.2, 0.25) is 0 Å². The average Bonchev–Trinajstić information content (AvgIpc) is 2.63. The zero-order valence-electron chi connectivity index (χ0n) is 13.5.